The van der Waals surface area contributed by atoms with Gasteiger partial charge < -0.3 is 10.1 Å². The lowest BCUT2D eigenvalue weighted by molar-refractivity contribution is -0.385. The van der Waals surface area contributed by atoms with Crippen molar-refractivity contribution in [2.75, 3.05) is 12.4 Å². The summed E-state index contributed by atoms with van der Waals surface area (Å²) in [6.45, 7) is 1.76. The fraction of sp³-hybridized carbons (Fsp3) is 0.154. The van der Waals surface area contributed by atoms with E-state index >= 15 is 0 Å². The molecule has 0 bridgehead atoms. The average Bonchev–Trinajstić information content (AvgIpc) is 2.42. The van der Waals surface area contributed by atoms with E-state index in [2.05, 4.69) is 26.2 Å². The number of nitrogens with zero attached hydrogens (tertiary/aromatic N) is 2. The lowest BCUT2D eigenvalue weighted by Gasteiger charge is -2.10. The fourth-order valence-corrected chi connectivity index (χ4v) is 2.07. The van der Waals surface area contributed by atoms with Crippen LogP contribution in [0.1, 0.15) is 5.56 Å². The number of aryl methyl sites for hydroxylation is 1. The first kappa shape index (κ1) is 14.3. The Kier molecular flexibility index (Phi) is 4.19. The van der Waals surface area contributed by atoms with Gasteiger partial charge in [-0.3, -0.25) is 10.1 Å². The van der Waals surface area contributed by atoms with Crippen LogP contribution in [0.3, 0.4) is 0 Å². The Labute approximate surface area is 124 Å². The molecule has 20 heavy (non-hydrogen) atoms. The first-order valence-electron chi connectivity index (χ1n) is 5.73. The molecule has 1 N–H and O–H groups in total. The highest BCUT2D eigenvalue weighted by molar-refractivity contribution is 9.10. The lowest BCUT2D eigenvalue weighted by atomic mass is 10.2. The SMILES string of the molecule is COc1cc(Nc2ncc([N+](=O)[O-])cc2C)ccc1Br. The Bertz CT molecular complexity index is 661. The average molecular weight is 338 g/mol. The molecule has 2 aromatic rings. The summed E-state index contributed by atoms with van der Waals surface area (Å²) < 4.78 is 6.05. The number of ether oxygens (including phenoxy) is 1. The van der Waals surface area contributed by atoms with Crippen molar-refractivity contribution >= 4 is 33.1 Å². The number of halogens is 1. The normalized spacial score (nSPS) is 10.2. The van der Waals surface area contributed by atoms with Crippen LogP contribution in [0.2, 0.25) is 0 Å². The van der Waals surface area contributed by atoms with Gasteiger partial charge in [-0.2, -0.15) is 0 Å². The Hall–Kier alpha value is -2.15. The summed E-state index contributed by atoms with van der Waals surface area (Å²) in [6.07, 6.45) is 1.23. The zero-order chi connectivity index (χ0) is 14.7. The van der Waals surface area contributed by atoms with E-state index in [9.17, 15) is 10.1 Å². The Morgan fingerprint density at radius 3 is 2.75 bits per heavy atom. The third kappa shape index (κ3) is 3.05. The molecule has 0 radical (unpaired) electrons. The molecule has 0 saturated carbocycles. The summed E-state index contributed by atoms with van der Waals surface area (Å²) in [4.78, 5) is 14.3. The van der Waals surface area contributed by atoms with E-state index in [1.165, 1.54) is 12.3 Å². The number of nitrogens with one attached hydrogen (secondary N) is 1. The number of aromatic nitrogens is 1. The van der Waals surface area contributed by atoms with Crippen LogP contribution in [0.5, 0.6) is 5.75 Å². The van der Waals surface area contributed by atoms with E-state index in [-0.39, 0.29) is 5.69 Å². The predicted octanol–water partition coefficient (Wildman–Crippen LogP) is 3.81. The number of pyridine rings is 1. The van der Waals surface area contributed by atoms with Crippen molar-refractivity contribution in [1.29, 1.82) is 0 Å². The van der Waals surface area contributed by atoms with Gasteiger partial charge in [0.15, 0.2) is 0 Å². The lowest BCUT2D eigenvalue weighted by Crippen LogP contribution is -1.99. The molecule has 0 aliphatic carbocycles. The molecule has 7 heteroatoms. The number of methoxy groups -OCH3 is 1. The molecule has 0 unspecified atom stereocenters. The summed E-state index contributed by atoms with van der Waals surface area (Å²) in [5.41, 5.74) is 1.46. The van der Waals surface area contributed by atoms with Gasteiger partial charge in [0.25, 0.3) is 5.69 Å². The number of benzene rings is 1. The van der Waals surface area contributed by atoms with Crippen LogP contribution in [-0.4, -0.2) is 17.0 Å². The number of hydrogen-bond donors (Lipinski definition) is 1. The Morgan fingerprint density at radius 1 is 1.40 bits per heavy atom. The standard InChI is InChI=1S/C13H12BrN3O3/c1-8-5-10(17(18)19)7-15-13(8)16-9-3-4-11(14)12(6-9)20-2/h3-7H,1-2H3,(H,15,16). The van der Waals surface area contributed by atoms with E-state index in [1.54, 1.807) is 14.0 Å². The van der Waals surface area contributed by atoms with Gasteiger partial charge in [0.2, 0.25) is 0 Å². The van der Waals surface area contributed by atoms with Crippen LogP contribution in [0.15, 0.2) is 34.9 Å². The first-order chi connectivity index (χ1) is 9.51. The number of nitro groups is 1. The Morgan fingerprint density at radius 2 is 2.15 bits per heavy atom. The highest BCUT2D eigenvalue weighted by Gasteiger charge is 2.10. The summed E-state index contributed by atoms with van der Waals surface area (Å²) in [7, 11) is 1.58. The molecule has 1 heterocycles. The molecule has 6 nitrogen and oxygen atoms in total. The Balaban J connectivity index is 2.28. The molecule has 0 aliphatic rings. The summed E-state index contributed by atoms with van der Waals surface area (Å²) in [6, 6.07) is 7.00. The summed E-state index contributed by atoms with van der Waals surface area (Å²) in [5.74, 6) is 1.26. The van der Waals surface area contributed by atoms with E-state index in [0.717, 1.165) is 10.2 Å². The largest absolute Gasteiger partial charge is 0.495 e. The van der Waals surface area contributed by atoms with Crippen LogP contribution in [0, 0.1) is 17.0 Å². The highest BCUT2D eigenvalue weighted by atomic mass is 79.9. The van der Waals surface area contributed by atoms with Crippen molar-refractivity contribution in [1.82, 2.24) is 4.98 Å². The smallest absolute Gasteiger partial charge is 0.287 e. The fourth-order valence-electron chi connectivity index (χ4n) is 1.66. The third-order valence-electron chi connectivity index (χ3n) is 2.69. The molecular formula is C13H12BrN3O3. The molecule has 0 fully saturated rings. The van der Waals surface area contributed by atoms with Crippen LogP contribution in [-0.2, 0) is 0 Å². The van der Waals surface area contributed by atoms with E-state index in [1.807, 2.05) is 18.2 Å². The molecule has 1 aromatic carbocycles. The number of rotatable bonds is 4. The maximum atomic E-state index is 10.7. The van der Waals surface area contributed by atoms with Gasteiger partial charge in [0, 0.05) is 17.8 Å². The molecule has 0 spiro atoms. The second kappa shape index (κ2) is 5.87. The van der Waals surface area contributed by atoms with Crippen molar-refractivity contribution in [3.8, 4) is 5.75 Å². The number of anilines is 2. The van der Waals surface area contributed by atoms with Crippen molar-refractivity contribution < 1.29 is 9.66 Å². The molecule has 0 aliphatic heterocycles. The maximum absolute atomic E-state index is 10.7. The topological polar surface area (TPSA) is 77.3 Å². The highest BCUT2D eigenvalue weighted by Crippen LogP contribution is 2.30. The van der Waals surface area contributed by atoms with Gasteiger partial charge in [0.1, 0.15) is 17.8 Å². The molecule has 0 amide bonds. The molecular weight excluding hydrogens is 326 g/mol. The van der Waals surface area contributed by atoms with Gasteiger partial charge in [-0.25, -0.2) is 4.98 Å². The monoisotopic (exact) mass is 337 g/mol. The predicted molar refractivity (Wildman–Crippen MR) is 79.6 cm³/mol. The minimum Gasteiger partial charge on any atom is -0.495 e. The summed E-state index contributed by atoms with van der Waals surface area (Å²) >= 11 is 3.37. The third-order valence-corrected chi connectivity index (χ3v) is 3.34. The zero-order valence-corrected chi connectivity index (χ0v) is 12.5. The first-order valence-corrected chi connectivity index (χ1v) is 6.52. The second-order valence-electron chi connectivity index (χ2n) is 4.09. The van der Waals surface area contributed by atoms with Gasteiger partial charge in [-0.1, -0.05) is 0 Å². The van der Waals surface area contributed by atoms with Crippen LogP contribution < -0.4 is 10.1 Å². The van der Waals surface area contributed by atoms with E-state index in [4.69, 9.17) is 4.74 Å². The molecule has 2 rings (SSSR count). The van der Waals surface area contributed by atoms with Gasteiger partial charge in [-0.05, 0) is 40.5 Å². The minimum atomic E-state index is -0.466. The van der Waals surface area contributed by atoms with Crippen LogP contribution in [0.4, 0.5) is 17.2 Å². The maximum Gasteiger partial charge on any atom is 0.287 e. The van der Waals surface area contributed by atoms with E-state index in [0.29, 0.717) is 17.1 Å². The van der Waals surface area contributed by atoms with Crippen molar-refractivity contribution in [3.63, 3.8) is 0 Å². The minimum absolute atomic E-state index is 0.0264. The van der Waals surface area contributed by atoms with Gasteiger partial charge in [0.05, 0.1) is 16.5 Å². The van der Waals surface area contributed by atoms with Gasteiger partial charge in [-0.15, -0.1) is 0 Å². The van der Waals surface area contributed by atoms with Crippen molar-refractivity contribution in [2.24, 2.45) is 0 Å². The van der Waals surface area contributed by atoms with Crippen LogP contribution in [0.25, 0.3) is 0 Å². The van der Waals surface area contributed by atoms with E-state index < -0.39 is 4.92 Å². The summed E-state index contributed by atoms with van der Waals surface area (Å²) in [5, 5.41) is 13.8. The van der Waals surface area contributed by atoms with Crippen LogP contribution >= 0.6 is 15.9 Å². The quantitative estimate of drug-likeness (QED) is 0.677. The molecule has 104 valence electrons. The molecule has 0 saturated heterocycles. The van der Waals surface area contributed by atoms with Crippen molar-refractivity contribution in [2.45, 2.75) is 6.92 Å². The van der Waals surface area contributed by atoms with Crippen molar-refractivity contribution in [3.05, 3.63) is 50.6 Å². The van der Waals surface area contributed by atoms with Gasteiger partial charge >= 0.3 is 0 Å². The molecule has 0 atom stereocenters. The molecule has 1 aromatic heterocycles. The number of hydrogen-bond acceptors (Lipinski definition) is 5. The zero-order valence-electron chi connectivity index (χ0n) is 10.9. The second-order valence-corrected chi connectivity index (χ2v) is 4.94.